The molecule has 12 heteroatoms. The smallest absolute Gasteiger partial charge is 0.436 e. The summed E-state index contributed by atoms with van der Waals surface area (Å²) in [5.74, 6) is -1.69. The van der Waals surface area contributed by atoms with Crippen molar-refractivity contribution in [2.24, 2.45) is 4.99 Å². The minimum Gasteiger partial charge on any atom is -0.451 e. The highest BCUT2D eigenvalue weighted by atomic mass is 79.9. The Morgan fingerprint density at radius 1 is 1.07 bits per heavy atom. The van der Waals surface area contributed by atoms with Crippen LogP contribution >= 0.6 is 15.9 Å². The Hall–Kier alpha value is -2.50. The summed E-state index contributed by atoms with van der Waals surface area (Å²) in [6.45, 7) is 0.571. The maximum absolute atomic E-state index is 11.7. The van der Waals surface area contributed by atoms with E-state index < -0.39 is 29.7 Å². The molecule has 0 aromatic rings. The summed E-state index contributed by atoms with van der Waals surface area (Å²) in [5.41, 5.74) is 0. The number of nitrogens with zero attached hydrogens (tertiary/aromatic N) is 1. The number of hydrogen-bond donors (Lipinski definition) is 3. The lowest BCUT2D eigenvalue weighted by molar-refractivity contribution is -0.157. The minimum absolute atomic E-state index is 0.0323. The van der Waals surface area contributed by atoms with Crippen LogP contribution in [0.5, 0.6) is 0 Å². The predicted octanol–water partition coefficient (Wildman–Crippen LogP) is -0.967. The van der Waals surface area contributed by atoms with E-state index in [1.807, 2.05) is 0 Å². The number of methoxy groups -OCH3 is 1. The molecule has 11 nitrogen and oxygen atoms in total. The molecule has 0 aromatic heterocycles. The van der Waals surface area contributed by atoms with E-state index in [0.717, 1.165) is 7.11 Å². The number of rotatable bonds is 8. The maximum Gasteiger partial charge on any atom is 0.436 e. The third-order valence-corrected chi connectivity index (χ3v) is 3.82. The standard InChI is InChI=1S/C15H21BrN4O7/c1-26-15(25)20-14(19-7-6-17-11(23)8-16)18-5-4-12(24)27-13-9(21)2-3-10(13)22/h13H,2-8H2,1H3,(H,17,23)(H2,18,19,20,25). The number of halogens is 1. The maximum atomic E-state index is 11.7. The van der Waals surface area contributed by atoms with E-state index in [2.05, 4.69) is 41.6 Å². The Balaban J connectivity index is 2.41. The van der Waals surface area contributed by atoms with Gasteiger partial charge in [0.2, 0.25) is 18.0 Å². The van der Waals surface area contributed by atoms with E-state index in [1.54, 1.807) is 0 Å². The van der Waals surface area contributed by atoms with Gasteiger partial charge in [-0.1, -0.05) is 15.9 Å². The molecule has 0 atom stereocenters. The normalized spacial score (nSPS) is 14.7. The fraction of sp³-hybridized carbons (Fsp3) is 0.600. The minimum atomic E-state index is -1.31. The zero-order valence-corrected chi connectivity index (χ0v) is 16.3. The third-order valence-electron chi connectivity index (χ3n) is 3.31. The van der Waals surface area contributed by atoms with Gasteiger partial charge < -0.3 is 25.4 Å². The Kier molecular flexibility index (Phi) is 10.0. The molecule has 0 heterocycles. The van der Waals surface area contributed by atoms with Gasteiger partial charge in [-0.05, 0) is 0 Å². The van der Waals surface area contributed by atoms with E-state index in [4.69, 9.17) is 4.74 Å². The number of esters is 1. The summed E-state index contributed by atoms with van der Waals surface area (Å²) in [6, 6.07) is 0. The van der Waals surface area contributed by atoms with E-state index >= 15 is 0 Å². The topological polar surface area (TPSA) is 152 Å². The number of alkyl halides is 1. The second kappa shape index (κ2) is 12.0. The van der Waals surface area contributed by atoms with Crippen LogP contribution < -0.4 is 16.0 Å². The zero-order chi connectivity index (χ0) is 20.2. The van der Waals surface area contributed by atoms with Crippen molar-refractivity contribution in [2.75, 3.05) is 32.1 Å². The van der Waals surface area contributed by atoms with E-state index in [0.29, 0.717) is 0 Å². The first-order valence-corrected chi connectivity index (χ1v) is 9.21. The van der Waals surface area contributed by atoms with E-state index in [1.165, 1.54) is 0 Å². The summed E-state index contributed by atoms with van der Waals surface area (Å²) < 4.78 is 9.31. The number of aliphatic imine (C=N–C) groups is 1. The fourth-order valence-electron chi connectivity index (χ4n) is 2.00. The molecule has 1 fully saturated rings. The SMILES string of the molecule is COC(=O)/N=C(/NCCNC(=O)CBr)NCCC(=O)OC1C(=O)CCC1=O. The molecule has 0 bridgehead atoms. The van der Waals surface area contributed by atoms with Crippen molar-refractivity contribution in [2.45, 2.75) is 25.4 Å². The summed E-state index contributed by atoms with van der Waals surface area (Å²) in [5, 5.41) is 8.25. The number of nitrogens with one attached hydrogen (secondary N) is 3. The van der Waals surface area contributed by atoms with Gasteiger partial charge in [0.15, 0.2) is 11.6 Å². The first kappa shape index (κ1) is 22.5. The molecule has 0 aromatic carbocycles. The number of carbonyl (C=O) groups excluding carboxylic acids is 5. The molecule has 1 saturated carbocycles. The van der Waals surface area contributed by atoms with Gasteiger partial charge >= 0.3 is 12.1 Å². The first-order valence-electron chi connectivity index (χ1n) is 8.09. The molecule has 27 heavy (non-hydrogen) atoms. The Morgan fingerprint density at radius 2 is 1.67 bits per heavy atom. The summed E-state index contributed by atoms with van der Waals surface area (Å²) in [6.07, 6.45) is -2.16. The third kappa shape index (κ3) is 8.62. The molecule has 1 aliphatic rings. The highest BCUT2D eigenvalue weighted by Gasteiger charge is 2.35. The number of amides is 2. The zero-order valence-electron chi connectivity index (χ0n) is 14.7. The van der Waals surface area contributed by atoms with Crippen molar-refractivity contribution in [3.05, 3.63) is 0 Å². The number of guanidine groups is 1. The lowest BCUT2D eigenvalue weighted by Crippen LogP contribution is -2.43. The molecule has 1 rings (SSSR count). The van der Waals surface area contributed by atoms with Crippen molar-refractivity contribution in [1.29, 1.82) is 0 Å². The van der Waals surface area contributed by atoms with Crippen molar-refractivity contribution in [3.63, 3.8) is 0 Å². The highest BCUT2D eigenvalue weighted by Crippen LogP contribution is 2.14. The average molecular weight is 449 g/mol. The molecule has 0 spiro atoms. The van der Waals surface area contributed by atoms with Crippen LogP contribution in [0.25, 0.3) is 0 Å². The van der Waals surface area contributed by atoms with Crippen LogP contribution in [0, 0.1) is 0 Å². The molecule has 0 saturated heterocycles. The summed E-state index contributed by atoms with van der Waals surface area (Å²) in [4.78, 5) is 60.6. The number of ketones is 2. The number of ether oxygens (including phenoxy) is 2. The van der Waals surface area contributed by atoms with Crippen molar-refractivity contribution < 1.29 is 33.4 Å². The molecule has 3 N–H and O–H groups in total. The highest BCUT2D eigenvalue weighted by molar-refractivity contribution is 9.09. The van der Waals surface area contributed by atoms with Gasteiger partial charge in [-0.3, -0.25) is 19.2 Å². The van der Waals surface area contributed by atoms with E-state index in [-0.39, 0.29) is 56.1 Å². The molecule has 0 unspecified atom stereocenters. The first-order chi connectivity index (χ1) is 12.9. The van der Waals surface area contributed by atoms with Crippen LogP contribution in [0.15, 0.2) is 4.99 Å². The lowest BCUT2D eigenvalue weighted by Gasteiger charge is -2.13. The van der Waals surface area contributed by atoms with Crippen LogP contribution in [-0.2, 0) is 28.7 Å². The molecular weight excluding hydrogens is 428 g/mol. The van der Waals surface area contributed by atoms with Crippen LogP contribution in [0.3, 0.4) is 0 Å². The van der Waals surface area contributed by atoms with Crippen LogP contribution in [-0.4, -0.2) is 73.7 Å². The molecule has 0 radical (unpaired) electrons. The lowest BCUT2D eigenvalue weighted by atomic mass is 10.3. The Labute approximate surface area is 163 Å². The van der Waals surface area contributed by atoms with Gasteiger partial charge in [-0.2, -0.15) is 0 Å². The predicted molar refractivity (Wildman–Crippen MR) is 96.4 cm³/mol. The average Bonchev–Trinajstić information content (AvgIpc) is 2.96. The number of carbonyl (C=O) groups is 5. The van der Waals surface area contributed by atoms with Crippen LogP contribution in [0.4, 0.5) is 4.79 Å². The second-order valence-corrected chi connectivity index (χ2v) is 5.88. The molecule has 150 valence electrons. The van der Waals surface area contributed by atoms with Gasteiger partial charge in [-0.15, -0.1) is 4.99 Å². The van der Waals surface area contributed by atoms with Gasteiger partial charge in [0.25, 0.3) is 0 Å². The summed E-state index contributed by atoms with van der Waals surface area (Å²) >= 11 is 3.01. The van der Waals surface area contributed by atoms with Gasteiger partial charge in [0.05, 0.1) is 18.9 Å². The quantitative estimate of drug-likeness (QED) is 0.106. The van der Waals surface area contributed by atoms with Crippen LogP contribution in [0.2, 0.25) is 0 Å². The van der Waals surface area contributed by atoms with Gasteiger partial charge in [0, 0.05) is 32.5 Å². The van der Waals surface area contributed by atoms with Crippen molar-refractivity contribution in [1.82, 2.24) is 16.0 Å². The Morgan fingerprint density at radius 3 is 2.26 bits per heavy atom. The molecule has 1 aliphatic carbocycles. The number of Topliss-reactive ketones (excluding diaryl/α,β-unsaturated/α-hetero) is 2. The van der Waals surface area contributed by atoms with Crippen molar-refractivity contribution >= 4 is 51.4 Å². The van der Waals surface area contributed by atoms with Gasteiger partial charge in [-0.25, -0.2) is 4.79 Å². The molecule has 2 amide bonds. The fourth-order valence-corrected chi connectivity index (χ4v) is 2.20. The Bertz CT molecular complexity index is 607. The largest absolute Gasteiger partial charge is 0.451 e. The molecule has 0 aliphatic heterocycles. The summed E-state index contributed by atoms with van der Waals surface area (Å²) in [7, 11) is 1.16. The van der Waals surface area contributed by atoms with Crippen molar-refractivity contribution in [3.8, 4) is 0 Å². The second-order valence-electron chi connectivity index (χ2n) is 5.32. The van der Waals surface area contributed by atoms with Gasteiger partial charge in [0.1, 0.15) is 0 Å². The molecular formula is C15H21BrN4O7. The monoisotopic (exact) mass is 448 g/mol. The van der Waals surface area contributed by atoms with Crippen LogP contribution in [0.1, 0.15) is 19.3 Å². The van der Waals surface area contributed by atoms with E-state index in [9.17, 15) is 24.0 Å². The number of hydrogen-bond acceptors (Lipinski definition) is 7.